The van der Waals surface area contributed by atoms with Crippen molar-refractivity contribution in [3.05, 3.63) is 65.5 Å². The Morgan fingerprint density at radius 1 is 1.14 bits per heavy atom. The first-order chi connectivity index (χ1) is 14.0. The Hall–Kier alpha value is -2.64. The Morgan fingerprint density at radius 3 is 2.52 bits per heavy atom. The van der Waals surface area contributed by atoms with Gasteiger partial charge in [-0.25, -0.2) is 9.18 Å². The molecule has 0 aliphatic carbocycles. The van der Waals surface area contributed by atoms with E-state index in [2.05, 4.69) is 27.7 Å². The van der Waals surface area contributed by atoms with Crippen LogP contribution in [0.25, 0.3) is 0 Å². The van der Waals surface area contributed by atoms with E-state index in [1.54, 1.807) is 6.07 Å². The molecule has 1 fully saturated rings. The number of benzene rings is 2. The molecule has 2 amide bonds. The number of carbonyl (C=O) groups is 1. The van der Waals surface area contributed by atoms with Gasteiger partial charge in [0.15, 0.2) is 0 Å². The summed E-state index contributed by atoms with van der Waals surface area (Å²) in [6, 6.07) is 14.3. The number of nitrogens with zero attached hydrogens (tertiary/aromatic N) is 2. The van der Waals surface area contributed by atoms with E-state index < -0.39 is 0 Å². The number of amides is 2. The fourth-order valence-corrected chi connectivity index (χ4v) is 3.39. The van der Waals surface area contributed by atoms with Crippen LogP contribution in [0.4, 0.5) is 14.9 Å². The molecule has 7 heteroatoms. The summed E-state index contributed by atoms with van der Waals surface area (Å²) in [5.41, 5.74) is 3.03. The van der Waals surface area contributed by atoms with Gasteiger partial charge in [0.1, 0.15) is 5.82 Å². The number of halogens is 1. The highest BCUT2D eigenvalue weighted by Gasteiger charge is 2.16. The molecular weight excluding hydrogens is 371 g/mol. The van der Waals surface area contributed by atoms with Crippen molar-refractivity contribution in [3.8, 4) is 0 Å². The van der Waals surface area contributed by atoms with Crippen LogP contribution in [0.15, 0.2) is 48.5 Å². The molecule has 1 atom stereocenters. The van der Waals surface area contributed by atoms with Crippen molar-refractivity contribution in [1.29, 1.82) is 0 Å². The second-order valence-electron chi connectivity index (χ2n) is 7.36. The number of hydrogen-bond donors (Lipinski definition) is 2. The molecule has 29 heavy (non-hydrogen) atoms. The van der Waals surface area contributed by atoms with Gasteiger partial charge in [0.25, 0.3) is 0 Å². The average Bonchev–Trinajstić information content (AvgIpc) is 2.73. The number of urea groups is 1. The summed E-state index contributed by atoms with van der Waals surface area (Å²) in [5.74, 6) is -0.278. The van der Waals surface area contributed by atoms with Crippen LogP contribution < -0.4 is 15.5 Å². The summed E-state index contributed by atoms with van der Waals surface area (Å²) in [7, 11) is 3.82. The molecule has 2 N–H and O–H groups in total. The van der Waals surface area contributed by atoms with Crippen LogP contribution in [0.1, 0.15) is 17.2 Å². The van der Waals surface area contributed by atoms with E-state index in [4.69, 9.17) is 4.74 Å². The van der Waals surface area contributed by atoms with Gasteiger partial charge in [-0.3, -0.25) is 0 Å². The van der Waals surface area contributed by atoms with Gasteiger partial charge >= 0.3 is 6.03 Å². The fraction of sp³-hybridized carbons (Fsp3) is 0.409. The van der Waals surface area contributed by atoms with Crippen molar-refractivity contribution >= 4 is 11.7 Å². The number of anilines is 1. The summed E-state index contributed by atoms with van der Waals surface area (Å²) < 4.78 is 18.9. The number of hydrogen-bond acceptors (Lipinski definition) is 4. The van der Waals surface area contributed by atoms with E-state index in [9.17, 15) is 9.18 Å². The number of likely N-dealkylation sites (N-methyl/N-ethyl adjacent to an activating group) is 1. The van der Waals surface area contributed by atoms with Crippen LogP contribution in [0.3, 0.4) is 0 Å². The summed E-state index contributed by atoms with van der Waals surface area (Å²) in [5, 5.41) is 5.76. The molecule has 1 aliphatic rings. The highest BCUT2D eigenvalue weighted by Crippen LogP contribution is 2.18. The molecule has 0 bridgehead atoms. The number of ether oxygens (including phenoxy) is 1. The zero-order valence-electron chi connectivity index (χ0n) is 17.0. The van der Waals surface area contributed by atoms with Crippen LogP contribution in [-0.4, -0.2) is 57.9 Å². The molecule has 156 valence electrons. The Kier molecular flexibility index (Phi) is 7.43. The van der Waals surface area contributed by atoms with Crippen molar-refractivity contribution in [2.24, 2.45) is 0 Å². The minimum Gasteiger partial charge on any atom is -0.378 e. The van der Waals surface area contributed by atoms with Gasteiger partial charge < -0.3 is 25.2 Å². The van der Waals surface area contributed by atoms with Gasteiger partial charge in [0.2, 0.25) is 0 Å². The van der Waals surface area contributed by atoms with Crippen molar-refractivity contribution in [3.63, 3.8) is 0 Å². The summed E-state index contributed by atoms with van der Waals surface area (Å²) >= 11 is 0. The Morgan fingerprint density at radius 2 is 1.86 bits per heavy atom. The second kappa shape index (κ2) is 10.2. The molecule has 0 spiro atoms. The first-order valence-corrected chi connectivity index (χ1v) is 9.88. The lowest BCUT2D eigenvalue weighted by Gasteiger charge is -2.29. The van der Waals surface area contributed by atoms with E-state index >= 15 is 0 Å². The lowest BCUT2D eigenvalue weighted by atomic mass is 10.1. The van der Waals surface area contributed by atoms with Crippen LogP contribution in [0.5, 0.6) is 0 Å². The van der Waals surface area contributed by atoms with Gasteiger partial charge in [0.05, 0.1) is 19.3 Å². The minimum absolute atomic E-state index is 0.107. The largest absolute Gasteiger partial charge is 0.378 e. The molecule has 0 radical (unpaired) electrons. The molecule has 6 nitrogen and oxygen atoms in total. The summed E-state index contributed by atoms with van der Waals surface area (Å²) in [4.78, 5) is 16.5. The third kappa shape index (κ3) is 6.17. The van der Waals surface area contributed by atoms with Gasteiger partial charge in [0, 0.05) is 31.9 Å². The van der Waals surface area contributed by atoms with E-state index in [1.165, 1.54) is 17.8 Å². The van der Waals surface area contributed by atoms with E-state index in [0.717, 1.165) is 37.4 Å². The third-order valence-corrected chi connectivity index (χ3v) is 5.08. The first-order valence-electron chi connectivity index (χ1n) is 9.88. The Bertz CT molecular complexity index is 792. The van der Waals surface area contributed by atoms with E-state index in [-0.39, 0.29) is 17.9 Å². The average molecular weight is 400 g/mol. The molecule has 2 aromatic carbocycles. The molecule has 3 rings (SSSR count). The highest BCUT2D eigenvalue weighted by atomic mass is 19.1. The number of nitrogens with one attached hydrogen (secondary N) is 2. The van der Waals surface area contributed by atoms with Crippen molar-refractivity contribution in [2.75, 3.05) is 51.8 Å². The quantitative estimate of drug-likeness (QED) is 0.751. The Labute approximate surface area is 171 Å². The zero-order chi connectivity index (χ0) is 20.6. The molecule has 0 aromatic heterocycles. The van der Waals surface area contributed by atoms with Crippen LogP contribution in [0, 0.1) is 5.82 Å². The van der Waals surface area contributed by atoms with Crippen molar-refractivity contribution in [1.82, 2.24) is 15.5 Å². The number of rotatable bonds is 7. The van der Waals surface area contributed by atoms with E-state index in [1.807, 2.05) is 37.2 Å². The predicted molar refractivity (Wildman–Crippen MR) is 113 cm³/mol. The summed E-state index contributed by atoms with van der Waals surface area (Å²) in [6.45, 7) is 4.15. The van der Waals surface area contributed by atoms with Crippen molar-refractivity contribution in [2.45, 2.75) is 12.6 Å². The molecule has 2 aromatic rings. The fourth-order valence-electron chi connectivity index (χ4n) is 3.39. The number of carbonyl (C=O) groups excluding carboxylic acids is 1. The zero-order valence-corrected chi connectivity index (χ0v) is 17.0. The monoisotopic (exact) mass is 400 g/mol. The first kappa shape index (κ1) is 21.1. The SMILES string of the molecule is CN(C)C(CNC(=O)NCc1ccc(N2CCOCC2)cc1)c1cccc(F)c1. The smallest absolute Gasteiger partial charge is 0.315 e. The van der Waals surface area contributed by atoms with Crippen molar-refractivity contribution < 1.29 is 13.9 Å². The van der Waals surface area contributed by atoms with Gasteiger partial charge in [-0.1, -0.05) is 24.3 Å². The van der Waals surface area contributed by atoms with E-state index in [0.29, 0.717) is 13.1 Å². The molecular formula is C22H29FN4O2. The standard InChI is InChI=1S/C22H29FN4O2/c1-26(2)21(18-4-3-5-19(23)14-18)16-25-22(28)24-15-17-6-8-20(9-7-17)27-10-12-29-13-11-27/h3-9,14,21H,10-13,15-16H2,1-2H3,(H2,24,25,28). The molecule has 1 heterocycles. The lowest BCUT2D eigenvalue weighted by Crippen LogP contribution is -2.40. The van der Waals surface area contributed by atoms with Gasteiger partial charge in [-0.05, 0) is 49.5 Å². The molecule has 1 unspecified atom stereocenters. The van der Waals surface area contributed by atoms with Crippen LogP contribution in [0.2, 0.25) is 0 Å². The maximum Gasteiger partial charge on any atom is 0.315 e. The van der Waals surface area contributed by atoms with Gasteiger partial charge in [-0.15, -0.1) is 0 Å². The maximum atomic E-state index is 13.5. The van der Waals surface area contributed by atoms with Crippen LogP contribution >= 0.6 is 0 Å². The minimum atomic E-state index is -0.278. The van der Waals surface area contributed by atoms with Gasteiger partial charge in [-0.2, -0.15) is 0 Å². The number of morpholine rings is 1. The topological polar surface area (TPSA) is 56.8 Å². The molecule has 1 saturated heterocycles. The second-order valence-corrected chi connectivity index (χ2v) is 7.36. The molecule has 1 aliphatic heterocycles. The third-order valence-electron chi connectivity index (χ3n) is 5.08. The maximum absolute atomic E-state index is 13.5. The van der Waals surface area contributed by atoms with Crippen LogP contribution in [-0.2, 0) is 11.3 Å². The predicted octanol–water partition coefficient (Wildman–Crippen LogP) is 2.76. The summed E-state index contributed by atoms with van der Waals surface area (Å²) in [6.07, 6.45) is 0. The highest BCUT2D eigenvalue weighted by molar-refractivity contribution is 5.73. The lowest BCUT2D eigenvalue weighted by molar-refractivity contribution is 0.122. The Balaban J connectivity index is 1.47. The normalized spacial score (nSPS) is 15.2. The molecule has 0 saturated carbocycles.